The molecule has 1 atom stereocenters. The predicted molar refractivity (Wildman–Crippen MR) is 94.6 cm³/mol. The van der Waals surface area contributed by atoms with E-state index in [9.17, 15) is 0 Å². The number of nitrogens with zero attached hydrogens (tertiary/aromatic N) is 1. The van der Waals surface area contributed by atoms with Crippen molar-refractivity contribution in [2.45, 2.75) is 45.1 Å². The van der Waals surface area contributed by atoms with Gasteiger partial charge >= 0.3 is 0 Å². The molecule has 0 radical (unpaired) electrons. The Morgan fingerprint density at radius 2 is 2.00 bits per heavy atom. The van der Waals surface area contributed by atoms with E-state index in [1.165, 1.54) is 68.6 Å². The van der Waals surface area contributed by atoms with Crippen LogP contribution in [0.5, 0.6) is 5.75 Å². The lowest BCUT2D eigenvalue weighted by molar-refractivity contribution is 0.0799. The van der Waals surface area contributed by atoms with Gasteiger partial charge in [-0.15, -0.1) is 0 Å². The lowest BCUT2D eigenvalue weighted by Gasteiger charge is -2.46. The molecule has 0 amide bonds. The minimum atomic E-state index is 0.603. The molecular weight excluding hydrogens is 284 g/mol. The Bertz CT molecular complexity index is 608. The number of fused-ring (bicyclic) bond motifs is 3. The van der Waals surface area contributed by atoms with Crippen LogP contribution in [0.2, 0.25) is 0 Å². The normalized spacial score (nSPS) is 29.1. The van der Waals surface area contributed by atoms with Crippen LogP contribution in [-0.4, -0.2) is 37.7 Å². The van der Waals surface area contributed by atoms with Crippen LogP contribution in [0.3, 0.4) is 0 Å². The predicted octanol–water partition coefficient (Wildman–Crippen LogP) is 3.58. The Morgan fingerprint density at radius 3 is 2.57 bits per heavy atom. The Balaban J connectivity index is 1.64. The van der Waals surface area contributed by atoms with Crippen molar-refractivity contribution in [1.82, 2.24) is 10.2 Å². The van der Waals surface area contributed by atoms with E-state index < -0.39 is 0 Å². The van der Waals surface area contributed by atoms with Crippen LogP contribution in [0.25, 0.3) is 5.70 Å². The lowest BCUT2D eigenvalue weighted by Crippen LogP contribution is -2.55. The second-order valence-corrected chi connectivity index (χ2v) is 7.42. The zero-order valence-electron chi connectivity index (χ0n) is 14.4. The molecule has 1 aromatic carbocycles. The maximum atomic E-state index is 5.69. The van der Waals surface area contributed by atoms with Crippen LogP contribution >= 0.6 is 0 Å². The van der Waals surface area contributed by atoms with E-state index in [1.807, 2.05) is 0 Å². The molecule has 23 heavy (non-hydrogen) atoms. The van der Waals surface area contributed by atoms with E-state index in [4.69, 9.17) is 4.74 Å². The molecule has 2 bridgehead atoms. The van der Waals surface area contributed by atoms with Crippen molar-refractivity contribution in [3.63, 3.8) is 0 Å². The molecule has 4 aliphatic rings. The van der Waals surface area contributed by atoms with Crippen molar-refractivity contribution in [3.05, 3.63) is 34.9 Å². The van der Waals surface area contributed by atoms with Gasteiger partial charge in [0.25, 0.3) is 0 Å². The first-order valence-electron chi connectivity index (χ1n) is 9.10. The molecule has 3 heterocycles. The minimum absolute atomic E-state index is 0.603. The molecule has 3 aliphatic heterocycles. The van der Waals surface area contributed by atoms with Gasteiger partial charge in [0.15, 0.2) is 0 Å². The van der Waals surface area contributed by atoms with Crippen molar-refractivity contribution in [2.75, 3.05) is 26.7 Å². The van der Waals surface area contributed by atoms with E-state index in [0.29, 0.717) is 6.04 Å². The van der Waals surface area contributed by atoms with Gasteiger partial charge in [-0.05, 0) is 81.3 Å². The average Bonchev–Trinajstić information content (AvgIpc) is 2.53. The van der Waals surface area contributed by atoms with Crippen LogP contribution in [-0.2, 0) is 0 Å². The highest BCUT2D eigenvalue weighted by Crippen LogP contribution is 2.38. The summed E-state index contributed by atoms with van der Waals surface area (Å²) >= 11 is 0. The van der Waals surface area contributed by atoms with Crippen molar-refractivity contribution >= 4 is 5.70 Å². The van der Waals surface area contributed by atoms with Gasteiger partial charge in [0, 0.05) is 23.8 Å². The van der Waals surface area contributed by atoms with Crippen molar-refractivity contribution in [3.8, 4) is 5.75 Å². The number of ether oxygens (including phenoxy) is 1. The number of allylic oxidation sites excluding steroid dienone is 1. The first-order valence-corrected chi connectivity index (χ1v) is 9.10. The molecule has 3 nitrogen and oxygen atoms in total. The summed E-state index contributed by atoms with van der Waals surface area (Å²) in [5.74, 6) is 1.85. The fourth-order valence-electron chi connectivity index (χ4n) is 4.29. The van der Waals surface area contributed by atoms with Crippen LogP contribution in [0.4, 0.5) is 0 Å². The van der Waals surface area contributed by atoms with Crippen molar-refractivity contribution in [1.29, 1.82) is 0 Å². The molecule has 1 saturated carbocycles. The van der Waals surface area contributed by atoms with E-state index in [2.05, 4.69) is 35.3 Å². The molecule has 124 valence electrons. The molecule has 1 aliphatic carbocycles. The molecule has 5 rings (SSSR count). The van der Waals surface area contributed by atoms with Crippen LogP contribution in [0.1, 0.15) is 43.2 Å². The van der Waals surface area contributed by atoms with Gasteiger partial charge in [0.05, 0.1) is 7.11 Å². The third-order valence-corrected chi connectivity index (χ3v) is 5.92. The molecule has 1 aromatic rings. The molecule has 3 heteroatoms. The zero-order chi connectivity index (χ0) is 15.8. The first-order chi connectivity index (χ1) is 11.2. The fourth-order valence-corrected chi connectivity index (χ4v) is 4.29. The topological polar surface area (TPSA) is 24.5 Å². The standard InChI is InChI=1S/C20H28N2O/c1-14-6-7-17(19(12-14)23-2)20(16-4-3-5-16)21-18-13-22-10-8-15(18)9-11-22/h6-7,12,15,18,21H,3-5,8-11,13H2,1-2H3. The summed E-state index contributed by atoms with van der Waals surface area (Å²) in [4.78, 5) is 2.62. The monoisotopic (exact) mass is 312 g/mol. The highest BCUT2D eigenvalue weighted by Gasteiger charge is 2.35. The largest absolute Gasteiger partial charge is 0.496 e. The zero-order valence-corrected chi connectivity index (χ0v) is 14.4. The van der Waals surface area contributed by atoms with Crippen molar-refractivity contribution in [2.24, 2.45) is 5.92 Å². The number of nitrogens with one attached hydrogen (secondary N) is 1. The second kappa shape index (κ2) is 6.20. The number of rotatable bonds is 4. The van der Waals surface area contributed by atoms with Gasteiger partial charge in [-0.25, -0.2) is 0 Å². The second-order valence-electron chi connectivity index (χ2n) is 7.42. The Labute approximate surface area is 139 Å². The number of aryl methyl sites for hydroxylation is 1. The summed E-state index contributed by atoms with van der Waals surface area (Å²) in [7, 11) is 1.79. The van der Waals surface area contributed by atoms with Crippen LogP contribution in [0.15, 0.2) is 23.8 Å². The fraction of sp³-hybridized carbons (Fsp3) is 0.600. The molecule has 0 spiro atoms. The van der Waals surface area contributed by atoms with Gasteiger partial charge in [0.1, 0.15) is 5.75 Å². The summed E-state index contributed by atoms with van der Waals surface area (Å²) in [6.07, 6.45) is 6.51. The van der Waals surface area contributed by atoms with Crippen LogP contribution in [0, 0.1) is 12.8 Å². The smallest absolute Gasteiger partial charge is 0.128 e. The Kier molecular flexibility index (Phi) is 4.06. The van der Waals surface area contributed by atoms with E-state index in [0.717, 1.165) is 11.7 Å². The third-order valence-electron chi connectivity index (χ3n) is 5.92. The van der Waals surface area contributed by atoms with Gasteiger partial charge in [-0.1, -0.05) is 6.07 Å². The molecule has 3 saturated heterocycles. The van der Waals surface area contributed by atoms with Crippen LogP contribution < -0.4 is 10.1 Å². The summed E-state index contributed by atoms with van der Waals surface area (Å²) in [5, 5.41) is 3.96. The molecular formula is C20H28N2O. The number of piperidine rings is 3. The van der Waals surface area contributed by atoms with Gasteiger partial charge in [-0.2, -0.15) is 0 Å². The highest BCUT2D eigenvalue weighted by molar-refractivity contribution is 5.73. The Hall–Kier alpha value is -1.48. The molecule has 1 N–H and O–H groups in total. The summed E-state index contributed by atoms with van der Waals surface area (Å²) < 4.78 is 5.69. The summed E-state index contributed by atoms with van der Waals surface area (Å²) in [6.45, 7) is 5.92. The first kappa shape index (κ1) is 15.1. The third kappa shape index (κ3) is 2.87. The molecule has 0 aromatic heterocycles. The average molecular weight is 312 g/mol. The molecule has 1 unspecified atom stereocenters. The molecule has 4 fully saturated rings. The summed E-state index contributed by atoms with van der Waals surface area (Å²) in [5.41, 5.74) is 5.46. The Morgan fingerprint density at radius 1 is 1.22 bits per heavy atom. The van der Waals surface area contributed by atoms with E-state index in [1.54, 1.807) is 12.7 Å². The number of benzene rings is 1. The van der Waals surface area contributed by atoms with E-state index >= 15 is 0 Å². The van der Waals surface area contributed by atoms with Crippen molar-refractivity contribution < 1.29 is 4.74 Å². The quantitative estimate of drug-likeness (QED) is 0.919. The lowest BCUT2D eigenvalue weighted by atomic mass is 9.82. The van der Waals surface area contributed by atoms with Gasteiger partial charge < -0.3 is 15.0 Å². The maximum absolute atomic E-state index is 5.69. The SMILES string of the molecule is COc1cc(C)ccc1C(NC1CN2CCC1CC2)=C1CCC1. The number of hydrogen-bond donors (Lipinski definition) is 1. The number of methoxy groups -OCH3 is 1. The summed E-state index contributed by atoms with van der Waals surface area (Å²) in [6, 6.07) is 7.21. The maximum Gasteiger partial charge on any atom is 0.128 e. The van der Waals surface area contributed by atoms with Gasteiger partial charge in [0.2, 0.25) is 0 Å². The number of hydrogen-bond acceptors (Lipinski definition) is 3. The highest BCUT2D eigenvalue weighted by atomic mass is 16.5. The van der Waals surface area contributed by atoms with E-state index in [-0.39, 0.29) is 0 Å². The van der Waals surface area contributed by atoms with Gasteiger partial charge in [-0.3, -0.25) is 0 Å². The minimum Gasteiger partial charge on any atom is -0.496 e.